The molecule has 4 amide bonds. The van der Waals surface area contributed by atoms with Crippen LogP contribution in [0.4, 0.5) is 5.69 Å². The molecule has 4 aliphatic rings. The highest BCUT2D eigenvalue weighted by Gasteiger charge is 2.85. The monoisotopic (exact) mass is 649 g/mol. The largest absolute Gasteiger partial charge is 0.372 e. The van der Waals surface area contributed by atoms with Gasteiger partial charge in [0.15, 0.2) is 0 Å². The van der Waals surface area contributed by atoms with Crippen LogP contribution in [0, 0.1) is 33.0 Å². The van der Waals surface area contributed by atoms with E-state index in [9.17, 15) is 19.2 Å². The quantitative estimate of drug-likeness (QED) is 0.193. The van der Waals surface area contributed by atoms with Gasteiger partial charge in [-0.3, -0.25) is 29.6 Å². The van der Waals surface area contributed by atoms with Crippen LogP contribution >= 0.6 is 0 Å². The number of nitrogens with zero attached hydrogens (tertiary/aromatic N) is 2. The Hall–Kier alpha value is -3.47. The average molecular weight is 650 g/mol. The summed E-state index contributed by atoms with van der Waals surface area (Å²) in [4.78, 5) is 62.3. The van der Waals surface area contributed by atoms with Gasteiger partial charge in [-0.25, -0.2) is 5.43 Å². The first kappa shape index (κ1) is 34.9. The second kappa shape index (κ2) is 11.6. The minimum Gasteiger partial charge on any atom is -0.372 e. The van der Waals surface area contributed by atoms with E-state index in [0.717, 1.165) is 19.3 Å². The molecule has 2 heterocycles. The number of hydrogen-bond donors (Lipinski definition) is 5. The molecule has 0 aromatic carbocycles. The van der Waals surface area contributed by atoms with Gasteiger partial charge in [0.1, 0.15) is 23.7 Å². The van der Waals surface area contributed by atoms with Crippen molar-refractivity contribution < 1.29 is 19.2 Å². The Kier molecular flexibility index (Phi) is 8.60. The molecule has 11 heteroatoms. The summed E-state index contributed by atoms with van der Waals surface area (Å²) in [5.74, 6) is -1.47. The van der Waals surface area contributed by atoms with E-state index in [-0.39, 0.29) is 45.8 Å². The molecule has 2 spiro atoms. The second-order valence-corrected chi connectivity index (χ2v) is 17.0. The van der Waals surface area contributed by atoms with Crippen LogP contribution in [-0.4, -0.2) is 70.8 Å². The lowest BCUT2D eigenvalue weighted by Crippen LogP contribution is -2.62. The third kappa shape index (κ3) is 5.52. The number of fused-ring (bicyclic) bond motifs is 1. The van der Waals surface area contributed by atoms with Gasteiger partial charge in [-0.15, -0.1) is 6.58 Å². The van der Waals surface area contributed by atoms with Crippen molar-refractivity contribution in [3.63, 3.8) is 0 Å². The predicted molar refractivity (Wildman–Crippen MR) is 181 cm³/mol. The maximum atomic E-state index is 14.9. The Morgan fingerprint density at radius 2 is 1.68 bits per heavy atom. The zero-order valence-electron chi connectivity index (χ0n) is 29.7. The van der Waals surface area contributed by atoms with Gasteiger partial charge in [-0.2, -0.15) is 0 Å². The summed E-state index contributed by atoms with van der Waals surface area (Å²) < 4.78 is 0. The molecule has 1 aromatic heterocycles. The third-order valence-corrected chi connectivity index (χ3v) is 12.2. The van der Waals surface area contributed by atoms with Crippen molar-refractivity contribution in [2.45, 2.75) is 111 Å². The number of likely N-dealkylation sites (tertiary alicyclic amines) is 1. The van der Waals surface area contributed by atoms with E-state index in [1.165, 1.54) is 0 Å². The molecule has 47 heavy (non-hydrogen) atoms. The van der Waals surface area contributed by atoms with Crippen LogP contribution in [0.3, 0.4) is 0 Å². The Morgan fingerprint density at radius 1 is 1.02 bits per heavy atom. The lowest BCUT2D eigenvalue weighted by molar-refractivity contribution is -0.145. The van der Waals surface area contributed by atoms with Crippen molar-refractivity contribution >= 4 is 29.3 Å². The molecule has 5 rings (SSSR count). The summed E-state index contributed by atoms with van der Waals surface area (Å²) in [6, 6.07) is 1.32. The molecular formula is C36H55N7O4. The number of nitrogens with one attached hydrogen (secondary N) is 5. The fourth-order valence-corrected chi connectivity index (χ4v) is 8.96. The molecule has 1 aromatic rings. The smallest absolute Gasteiger partial charge is 0.260 e. The number of carbonyl (C=O) groups excluding carboxylic acids is 4. The van der Waals surface area contributed by atoms with Gasteiger partial charge in [0.25, 0.3) is 5.91 Å². The lowest BCUT2D eigenvalue weighted by Gasteiger charge is -2.38. The van der Waals surface area contributed by atoms with Gasteiger partial charge in [0.2, 0.25) is 17.7 Å². The molecule has 6 atom stereocenters. The second-order valence-electron chi connectivity index (χ2n) is 17.0. The van der Waals surface area contributed by atoms with Gasteiger partial charge in [0.05, 0.1) is 5.69 Å². The van der Waals surface area contributed by atoms with E-state index in [4.69, 9.17) is 0 Å². The number of anilines is 1. The van der Waals surface area contributed by atoms with Crippen molar-refractivity contribution in [1.82, 2.24) is 31.4 Å². The van der Waals surface area contributed by atoms with Crippen molar-refractivity contribution in [2.24, 2.45) is 33.0 Å². The first-order valence-electron chi connectivity index (χ1n) is 17.0. The van der Waals surface area contributed by atoms with Crippen LogP contribution in [0.2, 0.25) is 0 Å². The van der Waals surface area contributed by atoms with Crippen LogP contribution in [0.15, 0.2) is 37.2 Å². The normalized spacial score (nSPS) is 29.7. The summed E-state index contributed by atoms with van der Waals surface area (Å²) in [6.07, 6.45) is 9.30. The molecule has 1 saturated heterocycles. The van der Waals surface area contributed by atoms with Crippen LogP contribution in [0.5, 0.6) is 0 Å². The molecule has 258 valence electrons. The van der Waals surface area contributed by atoms with Gasteiger partial charge in [-0.1, -0.05) is 67.9 Å². The zero-order chi connectivity index (χ0) is 34.8. The van der Waals surface area contributed by atoms with E-state index in [1.54, 1.807) is 36.5 Å². The Labute approximate surface area is 279 Å². The van der Waals surface area contributed by atoms with Crippen LogP contribution in [-0.2, 0) is 19.2 Å². The summed E-state index contributed by atoms with van der Waals surface area (Å²) in [7, 11) is 1.60. The SMILES string of the molecule is C=C[C@@H]1C[C@]1(NC(=O)[C@@H]1CC2(CN1C(=O)[C@@H](NC(=O)C(Nc1cccnc1)C(C)(C)C)C(C)(C)C)C(C)(C)C21CCC1)C(=O)NNC. The number of amides is 4. The molecule has 1 aliphatic heterocycles. The fraction of sp³-hybridized carbons (Fsp3) is 0.694. The standard InChI is InChI=1S/C36H55N7O4/c1-11-22-18-36(22,30(47)42-37-10)41-27(44)24-19-35(33(8,9)34(35)15-13-16-34)21-43(24)29(46)26(32(5,6)7)40-28(45)25(31(2,3)4)39-23-14-12-17-38-20-23/h11-12,14,17,20,22,24-26,37,39H,1,13,15-16,18-19,21H2,2-10H3,(H,40,45)(H,41,44)(H,42,47)/t22-,24+,25?,26-,35?,36-/m1/s1. The maximum absolute atomic E-state index is 14.9. The van der Waals surface area contributed by atoms with E-state index >= 15 is 0 Å². The van der Waals surface area contributed by atoms with Crippen molar-refractivity contribution in [2.75, 3.05) is 18.9 Å². The van der Waals surface area contributed by atoms with Crippen LogP contribution in [0.25, 0.3) is 0 Å². The van der Waals surface area contributed by atoms with E-state index in [2.05, 4.69) is 52.2 Å². The molecule has 0 bridgehead atoms. The number of rotatable bonds is 10. The summed E-state index contributed by atoms with van der Waals surface area (Å²) in [5, 5.41) is 9.50. The van der Waals surface area contributed by atoms with Crippen LogP contribution < -0.4 is 26.8 Å². The Morgan fingerprint density at radius 3 is 2.15 bits per heavy atom. The van der Waals surface area contributed by atoms with Crippen molar-refractivity contribution in [1.29, 1.82) is 0 Å². The first-order valence-corrected chi connectivity index (χ1v) is 17.0. The average Bonchev–Trinajstić information content (AvgIpc) is 3.68. The first-order chi connectivity index (χ1) is 21.8. The highest BCUT2D eigenvalue weighted by atomic mass is 16.2. The molecule has 2 unspecified atom stereocenters. The fourth-order valence-electron chi connectivity index (χ4n) is 8.96. The molecule has 0 radical (unpaired) electrons. The number of aromatic nitrogens is 1. The van der Waals surface area contributed by atoms with E-state index in [0.29, 0.717) is 25.1 Å². The third-order valence-electron chi connectivity index (χ3n) is 12.2. The molecule has 3 saturated carbocycles. The highest BCUT2D eigenvalue weighted by molar-refractivity contribution is 5.99. The number of hydrogen-bond acceptors (Lipinski definition) is 7. The Bertz CT molecular complexity index is 1430. The molecule has 11 nitrogen and oxygen atoms in total. The molecule has 3 aliphatic carbocycles. The van der Waals surface area contributed by atoms with E-state index < -0.39 is 34.5 Å². The van der Waals surface area contributed by atoms with E-state index in [1.807, 2.05) is 47.6 Å². The van der Waals surface area contributed by atoms with Crippen LogP contribution in [0.1, 0.15) is 87.5 Å². The van der Waals surface area contributed by atoms with Crippen molar-refractivity contribution in [3.8, 4) is 0 Å². The van der Waals surface area contributed by atoms with Gasteiger partial charge < -0.3 is 20.9 Å². The number of pyridine rings is 1. The summed E-state index contributed by atoms with van der Waals surface area (Å²) in [5.41, 5.74) is 3.57. The minimum atomic E-state index is -1.12. The predicted octanol–water partition coefficient (Wildman–Crippen LogP) is 3.55. The maximum Gasteiger partial charge on any atom is 0.260 e. The minimum absolute atomic E-state index is 0.0400. The zero-order valence-corrected chi connectivity index (χ0v) is 29.7. The molecular weight excluding hydrogens is 594 g/mol. The van der Waals surface area contributed by atoms with Gasteiger partial charge in [-0.05, 0) is 59.5 Å². The van der Waals surface area contributed by atoms with Gasteiger partial charge >= 0.3 is 0 Å². The Balaban J connectivity index is 1.45. The number of carbonyl (C=O) groups is 4. The summed E-state index contributed by atoms with van der Waals surface area (Å²) in [6.45, 7) is 20.6. The van der Waals surface area contributed by atoms with Gasteiger partial charge in [0, 0.05) is 37.3 Å². The topological polar surface area (TPSA) is 145 Å². The highest BCUT2D eigenvalue weighted by Crippen LogP contribution is 2.88. The lowest BCUT2D eigenvalue weighted by atomic mass is 9.73. The van der Waals surface area contributed by atoms with Crippen molar-refractivity contribution in [3.05, 3.63) is 37.2 Å². The summed E-state index contributed by atoms with van der Waals surface area (Å²) >= 11 is 0. The molecule has 5 N–H and O–H groups in total. The molecule has 4 fully saturated rings. The number of hydrazine groups is 1.